The van der Waals surface area contributed by atoms with Crippen molar-refractivity contribution in [3.8, 4) is 0 Å². The number of nitrogens with one attached hydrogen (secondary N) is 1. The lowest BCUT2D eigenvalue weighted by Crippen LogP contribution is -2.30. The highest BCUT2D eigenvalue weighted by atomic mass is 14.5. The zero-order chi connectivity index (χ0) is 7.45. The van der Waals surface area contributed by atoms with Crippen molar-refractivity contribution in [3.05, 3.63) is 0 Å². The second-order valence-electron chi connectivity index (χ2n) is 3.46. The van der Waals surface area contributed by atoms with Gasteiger partial charge in [0, 0.05) is 11.6 Å². The second kappa shape index (κ2) is 3.18. The van der Waals surface area contributed by atoms with Gasteiger partial charge in [-0.1, -0.05) is 26.2 Å². The molecule has 0 spiro atoms. The van der Waals surface area contributed by atoms with Gasteiger partial charge < -0.3 is 5.41 Å². The number of rotatable bonds is 4. The first-order valence-electron chi connectivity index (χ1n) is 4.35. The molecule has 0 saturated heterocycles. The van der Waals surface area contributed by atoms with Gasteiger partial charge in [-0.2, -0.15) is 0 Å². The van der Waals surface area contributed by atoms with Crippen molar-refractivity contribution >= 4 is 6.21 Å². The summed E-state index contributed by atoms with van der Waals surface area (Å²) in [4.78, 5) is 0. The van der Waals surface area contributed by atoms with Crippen molar-refractivity contribution in [1.29, 1.82) is 5.41 Å². The standard InChI is InChI=1S/C9H17N/c1-2-3-5-9(8-10)6-4-7-9/h8,10H,2-7H2,1H3. The van der Waals surface area contributed by atoms with Crippen molar-refractivity contribution in [2.45, 2.75) is 45.4 Å². The molecule has 1 rings (SSSR count). The zero-order valence-electron chi connectivity index (χ0n) is 6.82. The largest absolute Gasteiger partial charge is 0.313 e. The monoisotopic (exact) mass is 139 g/mol. The molecule has 1 heteroatoms. The van der Waals surface area contributed by atoms with E-state index >= 15 is 0 Å². The molecule has 0 aliphatic heterocycles. The van der Waals surface area contributed by atoms with Gasteiger partial charge in [0.1, 0.15) is 0 Å². The van der Waals surface area contributed by atoms with E-state index in [4.69, 9.17) is 5.41 Å². The van der Waals surface area contributed by atoms with Crippen LogP contribution < -0.4 is 0 Å². The average Bonchev–Trinajstić information content (AvgIpc) is 1.87. The van der Waals surface area contributed by atoms with E-state index in [0.717, 1.165) is 0 Å². The molecular weight excluding hydrogens is 122 g/mol. The van der Waals surface area contributed by atoms with Gasteiger partial charge in [-0.15, -0.1) is 0 Å². The molecule has 1 saturated carbocycles. The molecule has 1 aliphatic rings. The van der Waals surface area contributed by atoms with Crippen LogP contribution in [0.1, 0.15) is 45.4 Å². The minimum absolute atomic E-state index is 0.357. The van der Waals surface area contributed by atoms with Crippen LogP contribution in [0.4, 0.5) is 0 Å². The maximum atomic E-state index is 7.26. The van der Waals surface area contributed by atoms with Crippen LogP contribution in [0.3, 0.4) is 0 Å². The summed E-state index contributed by atoms with van der Waals surface area (Å²) < 4.78 is 0. The Bertz CT molecular complexity index is 114. The highest BCUT2D eigenvalue weighted by molar-refractivity contribution is 5.63. The zero-order valence-corrected chi connectivity index (χ0v) is 6.82. The Labute approximate surface area is 63.3 Å². The predicted octanol–water partition coefficient (Wildman–Crippen LogP) is 3.00. The first kappa shape index (κ1) is 7.77. The average molecular weight is 139 g/mol. The van der Waals surface area contributed by atoms with Crippen LogP contribution in [0, 0.1) is 10.8 Å². The maximum Gasteiger partial charge on any atom is 0.00496 e. The topological polar surface area (TPSA) is 23.9 Å². The van der Waals surface area contributed by atoms with Crippen LogP contribution >= 0.6 is 0 Å². The first-order chi connectivity index (χ1) is 4.83. The van der Waals surface area contributed by atoms with Gasteiger partial charge in [-0.3, -0.25) is 0 Å². The molecule has 0 amide bonds. The Hall–Kier alpha value is -0.330. The van der Waals surface area contributed by atoms with E-state index in [0.29, 0.717) is 5.41 Å². The van der Waals surface area contributed by atoms with Crippen LogP contribution in [0.5, 0.6) is 0 Å². The number of hydrogen-bond acceptors (Lipinski definition) is 1. The van der Waals surface area contributed by atoms with E-state index in [1.165, 1.54) is 38.5 Å². The van der Waals surface area contributed by atoms with Gasteiger partial charge in [0.25, 0.3) is 0 Å². The van der Waals surface area contributed by atoms with Gasteiger partial charge in [0.05, 0.1) is 0 Å². The summed E-state index contributed by atoms with van der Waals surface area (Å²) in [7, 11) is 0. The Morgan fingerprint density at radius 1 is 1.50 bits per heavy atom. The molecule has 58 valence electrons. The fourth-order valence-electron chi connectivity index (χ4n) is 1.63. The lowest BCUT2D eigenvalue weighted by atomic mass is 9.67. The van der Waals surface area contributed by atoms with E-state index < -0.39 is 0 Å². The summed E-state index contributed by atoms with van der Waals surface area (Å²) in [5.41, 5.74) is 0.357. The molecule has 0 heterocycles. The van der Waals surface area contributed by atoms with Gasteiger partial charge in [0.2, 0.25) is 0 Å². The molecule has 1 aliphatic carbocycles. The highest BCUT2D eigenvalue weighted by Gasteiger charge is 2.33. The van der Waals surface area contributed by atoms with Gasteiger partial charge in [-0.05, 0) is 19.3 Å². The molecule has 1 fully saturated rings. The summed E-state index contributed by atoms with van der Waals surface area (Å²) in [6, 6.07) is 0. The van der Waals surface area contributed by atoms with Crippen LogP contribution in [-0.2, 0) is 0 Å². The van der Waals surface area contributed by atoms with E-state index in [1.807, 2.05) is 0 Å². The molecule has 0 aromatic rings. The van der Waals surface area contributed by atoms with E-state index in [-0.39, 0.29) is 0 Å². The van der Waals surface area contributed by atoms with Crippen molar-refractivity contribution < 1.29 is 0 Å². The molecule has 0 atom stereocenters. The Kier molecular flexibility index (Phi) is 2.47. The van der Waals surface area contributed by atoms with Gasteiger partial charge in [0.15, 0.2) is 0 Å². The SMILES string of the molecule is CCCCC1(C=N)CCC1. The lowest BCUT2D eigenvalue weighted by molar-refractivity contribution is 0.215. The normalized spacial score (nSPS) is 21.7. The smallest absolute Gasteiger partial charge is 0.00496 e. The van der Waals surface area contributed by atoms with Gasteiger partial charge >= 0.3 is 0 Å². The Balaban J connectivity index is 2.26. The predicted molar refractivity (Wildman–Crippen MR) is 44.6 cm³/mol. The second-order valence-corrected chi connectivity index (χ2v) is 3.46. The molecule has 1 N–H and O–H groups in total. The number of hydrogen-bond donors (Lipinski definition) is 1. The van der Waals surface area contributed by atoms with Crippen molar-refractivity contribution in [1.82, 2.24) is 0 Å². The van der Waals surface area contributed by atoms with Crippen LogP contribution in [0.15, 0.2) is 0 Å². The number of unbranched alkanes of at least 4 members (excludes halogenated alkanes) is 1. The van der Waals surface area contributed by atoms with Gasteiger partial charge in [-0.25, -0.2) is 0 Å². The molecule has 10 heavy (non-hydrogen) atoms. The summed E-state index contributed by atoms with van der Waals surface area (Å²) in [5, 5.41) is 7.26. The Morgan fingerprint density at radius 2 is 2.20 bits per heavy atom. The molecule has 0 radical (unpaired) electrons. The third-order valence-corrected chi connectivity index (χ3v) is 2.68. The van der Waals surface area contributed by atoms with E-state index in [2.05, 4.69) is 6.92 Å². The van der Waals surface area contributed by atoms with E-state index in [1.54, 1.807) is 6.21 Å². The summed E-state index contributed by atoms with van der Waals surface area (Å²) in [6.07, 6.45) is 9.41. The minimum Gasteiger partial charge on any atom is -0.313 e. The van der Waals surface area contributed by atoms with Crippen molar-refractivity contribution in [3.63, 3.8) is 0 Å². The third kappa shape index (κ3) is 1.39. The molecule has 0 bridgehead atoms. The summed E-state index contributed by atoms with van der Waals surface area (Å²) in [5.74, 6) is 0. The maximum absolute atomic E-state index is 7.26. The van der Waals surface area contributed by atoms with Crippen LogP contribution in [0.25, 0.3) is 0 Å². The van der Waals surface area contributed by atoms with Crippen molar-refractivity contribution in [2.24, 2.45) is 5.41 Å². The Morgan fingerprint density at radius 3 is 2.50 bits per heavy atom. The molecule has 1 nitrogen and oxygen atoms in total. The molecule has 0 unspecified atom stereocenters. The van der Waals surface area contributed by atoms with E-state index in [9.17, 15) is 0 Å². The molecule has 0 aromatic carbocycles. The quantitative estimate of drug-likeness (QED) is 0.579. The fourth-order valence-corrected chi connectivity index (χ4v) is 1.63. The highest BCUT2D eigenvalue weighted by Crippen LogP contribution is 2.42. The summed E-state index contributed by atoms with van der Waals surface area (Å²) >= 11 is 0. The lowest BCUT2D eigenvalue weighted by Gasteiger charge is -2.38. The van der Waals surface area contributed by atoms with Crippen LogP contribution in [0.2, 0.25) is 0 Å². The van der Waals surface area contributed by atoms with Crippen LogP contribution in [-0.4, -0.2) is 6.21 Å². The minimum atomic E-state index is 0.357. The molecule has 0 aromatic heterocycles. The summed E-state index contributed by atoms with van der Waals surface area (Å²) in [6.45, 7) is 2.22. The molecular formula is C9H17N. The first-order valence-corrected chi connectivity index (χ1v) is 4.35. The van der Waals surface area contributed by atoms with Crippen molar-refractivity contribution in [2.75, 3.05) is 0 Å². The third-order valence-electron chi connectivity index (χ3n) is 2.68. The fraction of sp³-hybridized carbons (Fsp3) is 0.889.